The molecule has 0 amide bonds. The van der Waals surface area contributed by atoms with Gasteiger partial charge in [-0.1, -0.05) is 32.1 Å². The van der Waals surface area contributed by atoms with Crippen LogP contribution < -0.4 is 15.4 Å². The van der Waals surface area contributed by atoms with Gasteiger partial charge in [0.25, 0.3) is 0 Å². The van der Waals surface area contributed by atoms with E-state index < -0.39 is 0 Å². The quantitative estimate of drug-likeness (QED) is 0.236. The molecule has 1 fully saturated rings. The van der Waals surface area contributed by atoms with Crippen LogP contribution in [0.15, 0.2) is 29.8 Å². The smallest absolute Gasteiger partial charge is 0.305 e. The number of methoxy groups -OCH3 is 1. The average Bonchev–Trinajstić information content (AvgIpc) is 3.34. The first-order chi connectivity index (χ1) is 16.7. The lowest BCUT2D eigenvalue weighted by Gasteiger charge is -2.23. The highest BCUT2D eigenvalue weighted by atomic mass is 32.1. The Labute approximate surface area is 204 Å². The monoisotopic (exact) mass is 483 g/mol. The molecule has 1 aliphatic carbocycles. The van der Waals surface area contributed by atoms with Crippen LogP contribution in [0.1, 0.15) is 64.2 Å². The molecule has 4 rings (SSSR count). The summed E-state index contributed by atoms with van der Waals surface area (Å²) in [6.45, 7) is 0.658. The predicted octanol–water partition coefficient (Wildman–Crippen LogP) is 6.08. The topological polar surface area (TPSA) is 98.3 Å². The summed E-state index contributed by atoms with van der Waals surface area (Å²) < 4.78 is 11.5. The minimum absolute atomic E-state index is 0.140. The Morgan fingerprint density at radius 2 is 1.85 bits per heavy atom. The number of nitrogens with one attached hydrogen (secondary N) is 2. The minimum atomic E-state index is -0.140. The zero-order valence-electron chi connectivity index (χ0n) is 19.7. The van der Waals surface area contributed by atoms with Crippen molar-refractivity contribution >= 4 is 45.1 Å². The molecule has 0 spiro atoms. The molecular weight excluding hydrogens is 450 g/mol. The second kappa shape index (κ2) is 12.5. The van der Waals surface area contributed by atoms with Crippen LogP contribution in [0.25, 0.3) is 10.3 Å². The van der Waals surface area contributed by atoms with Gasteiger partial charge in [0.05, 0.1) is 19.2 Å². The molecule has 182 valence electrons. The molecule has 9 heteroatoms. The van der Waals surface area contributed by atoms with Crippen molar-refractivity contribution in [2.24, 2.45) is 0 Å². The molecule has 8 nitrogen and oxygen atoms in total. The number of hydrogen-bond donors (Lipinski definition) is 2. The molecule has 3 aromatic rings. The van der Waals surface area contributed by atoms with Gasteiger partial charge in [0.1, 0.15) is 10.4 Å². The van der Waals surface area contributed by atoms with Crippen LogP contribution in [0.2, 0.25) is 0 Å². The largest absolute Gasteiger partial charge is 0.494 e. The van der Waals surface area contributed by atoms with E-state index >= 15 is 0 Å². The van der Waals surface area contributed by atoms with Gasteiger partial charge in [0.2, 0.25) is 5.95 Å². The summed E-state index contributed by atoms with van der Waals surface area (Å²) in [4.78, 5) is 24.9. The van der Waals surface area contributed by atoms with Gasteiger partial charge >= 0.3 is 5.97 Å². The number of carbonyl (C=O) groups is 1. The molecule has 2 N–H and O–H groups in total. The fourth-order valence-corrected chi connectivity index (χ4v) is 4.82. The van der Waals surface area contributed by atoms with Gasteiger partial charge < -0.3 is 20.1 Å². The van der Waals surface area contributed by atoms with E-state index in [0.29, 0.717) is 30.7 Å². The summed E-state index contributed by atoms with van der Waals surface area (Å²) in [6, 6.07) is 8.29. The number of thiazole rings is 1. The van der Waals surface area contributed by atoms with E-state index in [9.17, 15) is 4.79 Å². The second-order valence-corrected chi connectivity index (χ2v) is 9.47. The zero-order chi connectivity index (χ0) is 23.6. The minimum Gasteiger partial charge on any atom is -0.494 e. The van der Waals surface area contributed by atoms with Gasteiger partial charge in [-0.15, -0.1) is 11.3 Å². The Hall–Kier alpha value is -2.94. The number of ether oxygens (including phenoxy) is 2. The lowest BCUT2D eigenvalue weighted by Crippen LogP contribution is -2.23. The van der Waals surface area contributed by atoms with Crippen molar-refractivity contribution in [3.63, 3.8) is 0 Å². The van der Waals surface area contributed by atoms with E-state index in [0.717, 1.165) is 47.6 Å². The number of nitrogens with zero attached hydrogens (tertiary/aromatic N) is 3. The maximum absolute atomic E-state index is 11.1. The van der Waals surface area contributed by atoms with Gasteiger partial charge in [0, 0.05) is 18.2 Å². The Morgan fingerprint density at radius 1 is 1.06 bits per heavy atom. The van der Waals surface area contributed by atoms with Crippen LogP contribution in [-0.2, 0) is 9.53 Å². The molecule has 0 aliphatic heterocycles. The molecule has 0 bridgehead atoms. The maximum Gasteiger partial charge on any atom is 0.305 e. The summed E-state index contributed by atoms with van der Waals surface area (Å²) in [5.41, 5.74) is 3.43. The van der Waals surface area contributed by atoms with Crippen molar-refractivity contribution in [1.29, 1.82) is 0 Å². The van der Waals surface area contributed by atoms with Crippen molar-refractivity contribution < 1.29 is 14.3 Å². The molecule has 0 saturated heterocycles. The molecule has 0 atom stereocenters. The summed E-state index contributed by atoms with van der Waals surface area (Å²) in [6.07, 6.45) is 10.6. The average molecular weight is 484 g/mol. The third-order valence-corrected chi connectivity index (χ3v) is 6.84. The molecule has 0 radical (unpaired) electrons. The Bertz CT molecular complexity index is 1050. The zero-order valence-corrected chi connectivity index (χ0v) is 20.5. The SMILES string of the molecule is COC(=O)CCCCCCOc1ccc(Nc2nc(NC3CCCCC3)c3scnc3n2)cc1. The molecule has 1 aromatic carbocycles. The van der Waals surface area contributed by atoms with Crippen molar-refractivity contribution in [3.8, 4) is 5.75 Å². The van der Waals surface area contributed by atoms with Crippen molar-refractivity contribution in [1.82, 2.24) is 15.0 Å². The molecule has 2 aromatic heterocycles. The van der Waals surface area contributed by atoms with E-state index in [1.54, 1.807) is 11.3 Å². The summed E-state index contributed by atoms with van der Waals surface area (Å²) in [5.74, 6) is 2.10. The van der Waals surface area contributed by atoms with E-state index in [4.69, 9.17) is 9.72 Å². The number of anilines is 3. The second-order valence-electron chi connectivity index (χ2n) is 8.62. The fourth-order valence-electron chi connectivity index (χ4n) is 4.14. The summed E-state index contributed by atoms with van der Waals surface area (Å²) in [7, 11) is 1.43. The molecule has 2 heterocycles. The number of aromatic nitrogens is 3. The first-order valence-corrected chi connectivity index (χ1v) is 13.0. The number of carbonyl (C=O) groups excluding carboxylic acids is 1. The molecule has 0 unspecified atom stereocenters. The lowest BCUT2D eigenvalue weighted by atomic mass is 9.95. The van der Waals surface area contributed by atoms with Gasteiger partial charge in [-0.2, -0.15) is 9.97 Å². The molecular formula is C25H33N5O3S. The van der Waals surface area contributed by atoms with E-state index in [1.165, 1.54) is 39.2 Å². The number of hydrogen-bond acceptors (Lipinski definition) is 9. The van der Waals surface area contributed by atoms with Crippen LogP contribution in [0, 0.1) is 0 Å². The lowest BCUT2D eigenvalue weighted by molar-refractivity contribution is -0.140. The summed E-state index contributed by atoms with van der Waals surface area (Å²) >= 11 is 1.57. The molecule has 34 heavy (non-hydrogen) atoms. The number of benzene rings is 1. The number of esters is 1. The van der Waals surface area contributed by atoms with E-state index in [1.807, 2.05) is 29.8 Å². The van der Waals surface area contributed by atoms with Gasteiger partial charge in [-0.25, -0.2) is 4.98 Å². The maximum atomic E-state index is 11.1. The van der Waals surface area contributed by atoms with Crippen molar-refractivity contribution in [2.75, 3.05) is 24.4 Å². The van der Waals surface area contributed by atoms with Gasteiger partial charge in [-0.3, -0.25) is 4.79 Å². The number of rotatable bonds is 12. The van der Waals surface area contributed by atoms with Crippen LogP contribution in [-0.4, -0.2) is 40.7 Å². The number of fused-ring (bicyclic) bond motifs is 1. The highest BCUT2D eigenvalue weighted by Crippen LogP contribution is 2.29. The standard InChI is InChI=1S/C25H33N5O3S/c1-32-21(31)11-7-2-3-8-16-33-20-14-12-19(13-15-20)28-25-29-23-22(34-17-26-23)24(30-25)27-18-9-5-4-6-10-18/h12-15,17-18H,2-11,16H2,1H3,(H2,27,28,29,30). The highest BCUT2D eigenvalue weighted by Gasteiger charge is 2.17. The summed E-state index contributed by atoms with van der Waals surface area (Å²) in [5, 5.41) is 6.94. The van der Waals surface area contributed by atoms with Crippen molar-refractivity contribution in [3.05, 3.63) is 29.8 Å². The molecule has 1 saturated carbocycles. The van der Waals surface area contributed by atoms with E-state index in [-0.39, 0.29) is 5.97 Å². The highest BCUT2D eigenvalue weighted by molar-refractivity contribution is 7.17. The predicted molar refractivity (Wildman–Crippen MR) is 136 cm³/mol. The van der Waals surface area contributed by atoms with Crippen LogP contribution in [0.5, 0.6) is 5.75 Å². The Balaban J connectivity index is 1.27. The third kappa shape index (κ3) is 7.03. The third-order valence-electron chi connectivity index (χ3n) is 6.02. The van der Waals surface area contributed by atoms with Crippen molar-refractivity contribution in [2.45, 2.75) is 70.3 Å². The fraction of sp³-hybridized carbons (Fsp3) is 0.520. The first-order valence-electron chi connectivity index (χ1n) is 12.2. The Morgan fingerprint density at radius 3 is 2.65 bits per heavy atom. The number of unbranched alkanes of at least 4 members (excludes halogenated alkanes) is 3. The van der Waals surface area contributed by atoms with Crippen LogP contribution in [0.3, 0.4) is 0 Å². The normalized spacial score (nSPS) is 14.1. The van der Waals surface area contributed by atoms with Crippen LogP contribution in [0.4, 0.5) is 17.5 Å². The first kappa shape index (κ1) is 24.2. The molecule has 1 aliphatic rings. The van der Waals surface area contributed by atoms with Crippen LogP contribution >= 0.6 is 11.3 Å². The Kier molecular flexibility index (Phi) is 8.90. The van der Waals surface area contributed by atoms with E-state index in [2.05, 4.69) is 25.3 Å². The van der Waals surface area contributed by atoms with Gasteiger partial charge in [-0.05, 0) is 49.9 Å². The van der Waals surface area contributed by atoms with Gasteiger partial charge in [0.15, 0.2) is 11.5 Å².